The molecule has 0 saturated heterocycles. The summed E-state index contributed by atoms with van der Waals surface area (Å²) in [4.78, 5) is 14.5. The first-order chi connectivity index (χ1) is 7.72. The van der Waals surface area contributed by atoms with E-state index >= 15 is 0 Å². The second kappa shape index (κ2) is 4.89. The SMILES string of the molecule is COCCN1C(=O)CCc2cc(S)ccc21. The average molecular weight is 237 g/mol. The van der Waals surface area contributed by atoms with Gasteiger partial charge in [0, 0.05) is 30.7 Å². The van der Waals surface area contributed by atoms with Gasteiger partial charge >= 0.3 is 0 Å². The van der Waals surface area contributed by atoms with E-state index in [-0.39, 0.29) is 5.91 Å². The Labute approximate surface area is 101 Å². The predicted molar refractivity (Wildman–Crippen MR) is 66.2 cm³/mol. The van der Waals surface area contributed by atoms with Crippen LogP contribution in [0.4, 0.5) is 5.69 Å². The van der Waals surface area contributed by atoms with Crippen LogP contribution in [0.1, 0.15) is 12.0 Å². The zero-order valence-electron chi connectivity index (χ0n) is 9.27. The second-order valence-corrected chi connectivity index (χ2v) is 4.37. The molecule has 0 bridgehead atoms. The fourth-order valence-corrected chi connectivity index (χ4v) is 2.20. The van der Waals surface area contributed by atoms with Crippen LogP contribution >= 0.6 is 12.6 Å². The summed E-state index contributed by atoms with van der Waals surface area (Å²) in [6.07, 6.45) is 1.39. The van der Waals surface area contributed by atoms with E-state index in [9.17, 15) is 4.79 Å². The number of amides is 1. The van der Waals surface area contributed by atoms with Crippen LogP contribution in [0, 0.1) is 0 Å². The van der Waals surface area contributed by atoms with Gasteiger partial charge in [0.1, 0.15) is 0 Å². The Balaban J connectivity index is 2.29. The Morgan fingerprint density at radius 1 is 1.44 bits per heavy atom. The summed E-state index contributed by atoms with van der Waals surface area (Å²) >= 11 is 4.31. The molecule has 16 heavy (non-hydrogen) atoms. The maximum absolute atomic E-state index is 11.8. The van der Waals surface area contributed by atoms with E-state index in [0.717, 1.165) is 17.0 Å². The molecule has 4 heteroatoms. The minimum atomic E-state index is 0.177. The van der Waals surface area contributed by atoms with Crippen LogP contribution < -0.4 is 4.90 Å². The minimum absolute atomic E-state index is 0.177. The maximum Gasteiger partial charge on any atom is 0.227 e. The Morgan fingerprint density at radius 3 is 3.00 bits per heavy atom. The molecule has 0 fully saturated rings. The molecule has 0 atom stereocenters. The van der Waals surface area contributed by atoms with Crippen molar-refractivity contribution in [3.8, 4) is 0 Å². The van der Waals surface area contributed by atoms with Crippen LogP contribution in [-0.4, -0.2) is 26.2 Å². The number of nitrogens with zero attached hydrogens (tertiary/aromatic N) is 1. The molecule has 1 aromatic carbocycles. The minimum Gasteiger partial charge on any atom is -0.383 e. The number of methoxy groups -OCH3 is 1. The Morgan fingerprint density at radius 2 is 2.25 bits per heavy atom. The van der Waals surface area contributed by atoms with Gasteiger partial charge in [-0.3, -0.25) is 4.79 Å². The van der Waals surface area contributed by atoms with Crippen molar-refractivity contribution in [3.63, 3.8) is 0 Å². The Hall–Kier alpha value is -1.00. The molecule has 86 valence electrons. The number of anilines is 1. The van der Waals surface area contributed by atoms with E-state index in [0.29, 0.717) is 19.6 Å². The number of benzene rings is 1. The summed E-state index contributed by atoms with van der Waals surface area (Å²) in [5.41, 5.74) is 2.20. The molecule has 2 rings (SSSR count). The largest absolute Gasteiger partial charge is 0.383 e. The highest BCUT2D eigenvalue weighted by molar-refractivity contribution is 7.80. The van der Waals surface area contributed by atoms with Crippen molar-refractivity contribution in [3.05, 3.63) is 23.8 Å². The van der Waals surface area contributed by atoms with Crippen LogP contribution in [0.2, 0.25) is 0 Å². The lowest BCUT2D eigenvalue weighted by molar-refractivity contribution is -0.119. The van der Waals surface area contributed by atoms with E-state index in [1.165, 1.54) is 5.56 Å². The van der Waals surface area contributed by atoms with E-state index in [1.807, 2.05) is 18.2 Å². The highest BCUT2D eigenvalue weighted by Crippen LogP contribution is 2.29. The molecule has 1 aromatic rings. The van der Waals surface area contributed by atoms with E-state index in [1.54, 1.807) is 12.0 Å². The topological polar surface area (TPSA) is 29.5 Å². The van der Waals surface area contributed by atoms with E-state index < -0.39 is 0 Å². The van der Waals surface area contributed by atoms with Gasteiger partial charge in [-0.1, -0.05) is 0 Å². The number of hydrogen-bond acceptors (Lipinski definition) is 3. The molecular formula is C12H15NO2S. The van der Waals surface area contributed by atoms with Gasteiger partial charge in [0.15, 0.2) is 0 Å². The molecular weight excluding hydrogens is 222 g/mol. The van der Waals surface area contributed by atoms with Gasteiger partial charge in [0.05, 0.1) is 6.61 Å². The van der Waals surface area contributed by atoms with Gasteiger partial charge in [-0.2, -0.15) is 0 Å². The highest BCUT2D eigenvalue weighted by atomic mass is 32.1. The second-order valence-electron chi connectivity index (χ2n) is 3.85. The summed E-state index contributed by atoms with van der Waals surface area (Å²) in [5, 5.41) is 0. The van der Waals surface area contributed by atoms with Crippen molar-refractivity contribution in [1.82, 2.24) is 0 Å². The first-order valence-corrected chi connectivity index (χ1v) is 5.78. The lowest BCUT2D eigenvalue weighted by Crippen LogP contribution is -2.37. The highest BCUT2D eigenvalue weighted by Gasteiger charge is 2.23. The normalized spacial score (nSPS) is 15.1. The third-order valence-electron chi connectivity index (χ3n) is 2.78. The van der Waals surface area contributed by atoms with Crippen molar-refractivity contribution < 1.29 is 9.53 Å². The molecule has 0 saturated carbocycles. The van der Waals surface area contributed by atoms with Crippen molar-refractivity contribution in [2.75, 3.05) is 25.2 Å². The molecule has 0 aliphatic carbocycles. The lowest BCUT2D eigenvalue weighted by Gasteiger charge is -2.29. The van der Waals surface area contributed by atoms with Crippen LogP contribution in [0.5, 0.6) is 0 Å². The van der Waals surface area contributed by atoms with Gasteiger partial charge in [-0.25, -0.2) is 0 Å². The number of fused-ring (bicyclic) bond motifs is 1. The smallest absolute Gasteiger partial charge is 0.227 e. The number of carbonyl (C=O) groups is 1. The molecule has 0 radical (unpaired) electrons. The summed E-state index contributed by atoms with van der Waals surface area (Å²) in [5.74, 6) is 0.177. The zero-order valence-corrected chi connectivity index (χ0v) is 10.2. The molecule has 1 amide bonds. The third-order valence-corrected chi connectivity index (χ3v) is 3.06. The van der Waals surface area contributed by atoms with Gasteiger partial charge in [0.2, 0.25) is 5.91 Å². The summed E-state index contributed by atoms with van der Waals surface area (Å²) in [6, 6.07) is 5.91. The van der Waals surface area contributed by atoms with Crippen molar-refractivity contribution in [1.29, 1.82) is 0 Å². The summed E-state index contributed by atoms with van der Waals surface area (Å²) in [7, 11) is 1.64. The standard InChI is InChI=1S/C12H15NO2S/c1-15-7-6-13-11-4-3-10(16)8-9(11)2-5-12(13)14/h3-4,8,16H,2,5-7H2,1H3. The molecule has 1 aliphatic rings. The van der Waals surface area contributed by atoms with Crippen LogP contribution in [0.3, 0.4) is 0 Å². The molecule has 0 N–H and O–H groups in total. The predicted octanol–water partition coefficient (Wildman–Crippen LogP) is 1.90. The van der Waals surface area contributed by atoms with E-state index in [2.05, 4.69) is 12.6 Å². The number of hydrogen-bond donors (Lipinski definition) is 1. The molecule has 3 nitrogen and oxygen atoms in total. The molecule has 0 aromatic heterocycles. The number of aryl methyl sites for hydroxylation is 1. The third kappa shape index (κ3) is 2.23. The van der Waals surface area contributed by atoms with E-state index in [4.69, 9.17) is 4.74 Å². The van der Waals surface area contributed by atoms with Gasteiger partial charge < -0.3 is 9.64 Å². The van der Waals surface area contributed by atoms with Crippen molar-refractivity contribution >= 4 is 24.2 Å². The quantitative estimate of drug-likeness (QED) is 0.814. The molecule has 1 aliphatic heterocycles. The zero-order chi connectivity index (χ0) is 11.5. The summed E-state index contributed by atoms with van der Waals surface area (Å²) in [6.45, 7) is 1.18. The van der Waals surface area contributed by atoms with Gasteiger partial charge in [0.25, 0.3) is 0 Å². The van der Waals surface area contributed by atoms with Crippen LogP contribution in [0.25, 0.3) is 0 Å². The lowest BCUT2D eigenvalue weighted by atomic mass is 10.0. The number of rotatable bonds is 3. The number of thiol groups is 1. The van der Waals surface area contributed by atoms with Gasteiger partial charge in [-0.15, -0.1) is 12.6 Å². The Kier molecular flexibility index (Phi) is 3.51. The number of ether oxygens (including phenoxy) is 1. The molecule has 0 spiro atoms. The number of carbonyl (C=O) groups excluding carboxylic acids is 1. The molecule has 0 unspecified atom stereocenters. The van der Waals surface area contributed by atoms with Crippen LogP contribution in [-0.2, 0) is 16.0 Å². The average Bonchev–Trinajstić information content (AvgIpc) is 2.28. The maximum atomic E-state index is 11.8. The molecule has 1 heterocycles. The van der Waals surface area contributed by atoms with Crippen molar-refractivity contribution in [2.45, 2.75) is 17.7 Å². The first kappa shape index (κ1) is 11.5. The first-order valence-electron chi connectivity index (χ1n) is 5.33. The fourth-order valence-electron chi connectivity index (χ4n) is 1.97. The summed E-state index contributed by atoms with van der Waals surface area (Å²) < 4.78 is 5.02. The van der Waals surface area contributed by atoms with Gasteiger partial charge in [-0.05, 0) is 30.2 Å². The Bertz CT molecular complexity index is 406. The monoisotopic (exact) mass is 237 g/mol. The fraction of sp³-hybridized carbons (Fsp3) is 0.417. The van der Waals surface area contributed by atoms with Crippen LogP contribution in [0.15, 0.2) is 23.1 Å². The van der Waals surface area contributed by atoms with Crippen molar-refractivity contribution in [2.24, 2.45) is 0 Å².